The van der Waals surface area contributed by atoms with Gasteiger partial charge < -0.3 is 14.5 Å². The highest BCUT2D eigenvalue weighted by molar-refractivity contribution is 6.02. The topological polar surface area (TPSA) is 51.5 Å². The number of carbonyl (C=O) groups excluding carboxylic acids is 1. The van der Waals surface area contributed by atoms with Crippen LogP contribution in [-0.4, -0.2) is 13.0 Å². The van der Waals surface area contributed by atoms with Gasteiger partial charge in [-0.15, -0.1) is 0 Å². The summed E-state index contributed by atoms with van der Waals surface area (Å²) in [7, 11) is 1.48. The molecule has 0 aliphatic carbocycles. The fraction of sp³-hybridized carbons (Fsp3) is 0.267. The van der Waals surface area contributed by atoms with E-state index in [0.717, 1.165) is 6.07 Å². The van der Waals surface area contributed by atoms with Crippen LogP contribution in [0, 0.1) is 6.92 Å². The monoisotopic (exact) mass is 313 g/mol. The molecule has 0 fully saturated rings. The van der Waals surface area contributed by atoms with Gasteiger partial charge in [-0.05, 0) is 36.8 Å². The standard InChI is InChI=1S/C15H14F3NO3/c1-9-3-4-10(7-12(9)15(16,17)18)19-14(20)13-6-5-11(22-13)8-21-2/h3-7H,8H2,1-2H3,(H,19,20). The minimum absolute atomic E-state index is 0.00110. The molecule has 118 valence electrons. The predicted octanol–water partition coefficient (Wildman–Crippen LogP) is 4.01. The number of rotatable bonds is 4. The number of ether oxygens (including phenoxy) is 1. The van der Waals surface area contributed by atoms with E-state index in [4.69, 9.17) is 9.15 Å². The number of nitrogens with one attached hydrogen (secondary N) is 1. The van der Waals surface area contributed by atoms with Crippen LogP contribution < -0.4 is 5.32 Å². The van der Waals surface area contributed by atoms with Gasteiger partial charge in [-0.2, -0.15) is 13.2 Å². The summed E-state index contributed by atoms with van der Waals surface area (Å²) in [6.07, 6.45) is -4.47. The lowest BCUT2D eigenvalue weighted by molar-refractivity contribution is -0.138. The number of halogens is 3. The summed E-state index contributed by atoms with van der Waals surface area (Å²) in [4.78, 5) is 12.0. The van der Waals surface area contributed by atoms with E-state index >= 15 is 0 Å². The van der Waals surface area contributed by atoms with Crippen LogP contribution in [-0.2, 0) is 17.5 Å². The van der Waals surface area contributed by atoms with E-state index in [2.05, 4.69) is 5.32 Å². The minimum Gasteiger partial charge on any atom is -0.453 e. The van der Waals surface area contributed by atoms with Crippen LogP contribution in [0.5, 0.6) is 0 Å². The molecule has 1 heterocycles. The van der Waals surface area contributed by atoms with Crippen molar-refractivity contribution in [2.24, 2.45) is 0 Å². The van der Waals surface area contributed by atoms with Crippen molar-refractivity contribution >= 4 is 11.6 Å². The van der Waals surface area contributed by atoms with E-state index in [9.17, 15) is 18.0 Å². The van der Waals surface area contributed by atoms with Crippen LogP contribution in [0.15, 0.2) is 34.7 Å². The smallest absolute Gasteiger partial charge is 0.416 e. The molecule has 22 heavy (non-hydrogen) atoms. The van der Waals surface area contributed by atoms with Crippen LogP contribution in [0.1, 0.15) is 27.4 Å². The molecule has 7 heteroatoms. The summed E-state index contributed by atoms with van der Waals surface area (Å²) < 4.78 is 48.6. The van der Waals surface area contributed by atoms with Crippen molar-refractivity contribution in [2.75, 3.05) is 12.4 Å². The molecule has 1 aromatic heterocycles. The molecule has 0 aliphatic heterocycles. The summed E-state index contributed by atoms with van der Waals surface area (Å²) >= 11 is 0. The first-order valence-electron chi connectivity index (χ1n) is 6.38. The number of hydrogen-bond acceptors (Lipinski definition) is 3. The van der Waals surface area contributed by atoms with E-state index in [1.807, 2.05) is 0 Å². The highest BCUT2D eigenvalue weighted by Gasteiger charge is 2.32. The Balaban J connectivity index is 2.17. The molecule has 0 aliphatic rings. The molecule has 0 radical (unpaired) electrons. The number of amides is 1. The van der Waals surface area contributed by atoms with Crippen LogP contribution in [0.25, 0.3) is 0 Å². The number of anilines is 1. The maximum absolute atomic E-state index is 12.8. The SMILES string of the molecule is COCc1ccc(C(=O)Nc2ccc(C)c(C(F)(F)F)c2)o1. The molecule has 0 spiro atoms. The molecule has 0 saturated heterocycles. The van der Waals surface area contributed by atoms with Gasteiger partial charge in [-0.25, -0.2) is 0 Å². The van der Waals surface area contributed by atoms with Crippen molar-refractivity contribution in [3.8, 4) is 0 Å². The van der Waals surface area contributed by atoms with E-state index in [1.165, 1.54) is 32.2 Å². The second-order valence-electron chi connectivity index (χ2n) is 4.68. The summed E-state index contributed by atoms with van der Waals surface area (Å²) in [6, 6.07) is 6.60. The zero-order valence-corrected chi connectivity index (χ0v) is 12.0. The van der Waals surface area contributed by atoms with Crippen LogP contribution in [0.4, 0.5) is 18.9 Å². The number of methoxy groups -OCH3 is 1. The Hall–Kier alpha value is -2.28. The lowest BCUT2D eigenvalue weighted by atomic mass is 10.1. The van der Waals surface area contributed by atoms with E-state index in [1.54, 1.807) is 6.07 Å². The molecular formula is C15H14F3NO3. The van der Waals surface area contributed by atoms with E-state index in [-0.39, 0.29) is 23.6 Å². The number of carbonyl (C=O) groups is 1. The van der Waals surface area contributed by atoms with E-state index < -0.39 is 17.6 Å². The van der Waals surface area contributed by atoms with Gasteiger partial charge in [-0.1, -0.05) is 6.07 Å². The zero-order valence-electron chi connectivity index (χ0n) is 12.0. The van der Waals surface area contributed by atoms with Crippen molar-refractivity contribution < 1.29 is 27.1 Å². The first kappa shape index (κ1) is 16.1. The average Bonchev–Trinajstić information content (AvgIpc) is 2.89. The summed E-state index contributed by atoms with van der Waals surface area (Å²) in [6.45, 7) is 1.56. The maximum Gasteiger partial charge on any atom is 0.416 e. The first-order valence-corrected chi connectivity index (χ1v) is 6.38. The third-order valence-electron chi connectivity index (χ3n) is 2.97. The van der Waals surface area contributed by atoms with E-state index in [0.29, 0.717) is 5.76 Å². The molecule has 4 nitrogen and oxygen atoms in total. The lowest BCUT2D eigenvalue weighted by Gasteiger charge is -2.12. The third kappa shape index (κ3) is 3.67. The quantitative estimate of drug-likeness (QED) is 0.928. The van der Waals surface area contributed by atoms with Gasteiger partial charge in [0.2, 0.25) is 0 Å². The highest BCUT2D eigenvalue weighted by atomic mass is 19.4. The van der Waals surface area contributed by atoms with Crippen LogP contribution in [0.3, 0.4) is 0 Å². The largest absolute Gasteiger partial charge is 0.453 e. The molecule has 0 atom stereocenters. The molecule has 1 aromatic carbocycles. The minimum atomic E-state index is -4.47. The van der Waals surface area contributed by atoms with Crippen LogP contribution >= 0.6 is 0 Å². The molecule has 2 rings (SSSR count). The Labute approximate surface area is 124 Å². The average molecular weight is 313 g/mol. The van der Waals surface area contributed by atoms with Crippen molar-refractivity contribution in [1.29, 1.82) is 0 Å². The Morgan fingerprint density at radius 2 is 2.00 bits per heavy atom. The Kier molecular flexibility index (Phi) is 4.56. The Morgan fingerprint density at radius 3 is 2.64 bits per heavy atom. The fourth-order valence-corrected chi connectivity index (χ4v) is 1.92. The summed E-state index contributed by atoms with van der Waals surface area (Å²) in [5.74, 6) is -0.173. The van der Waals surface area contributed by atoms with Gasteiger partial charge in [0.15, 0.2) is 5.76 Å². The first-order chi connectivity index (χ1) is 10.3. The van der Waals surface area contributed by atoms with Gasteiger partial charge in [0.05, 0.1) is 5.56 Å². The van der Waals surface area contributed by atoms with Gasteiger partial charge >= 0.3 is 6.18 Å². The third-order valence-corrected chi connectivity index (χ3v) is 2.97. The number of hydrogen-bond donors (Lipinski definition) is 1. The fourth-order valence-electron chi connectivity index (χ4n) is 1.92. The predicted molar refractivity (Wildman–Crippen MR) is 73.6 cm³/mol. The molecule has 0 saturated carbocycles. The zero-order chi connectivity index (χ0) is 16.3. The normalized spacial score (nSPS) is 11.5. The van der Waals surface area contributed by atoms with Gasteiger partial charge in [0.1, 0.15) is 12.4 Å². The molecule has 1 amide bonds. The molecule has 0 unspecified atom stereocenters. The van der Waals surface area contributed by atoms with Gasteiger partial charge in [0.25, 0.3) is 5.91 Å². The van der Waals surface area contributed by atoms with Crippen molar-refractivity contribution in [1.82, 2.24) is 0 Å². The van der Waals surface area contributed by atoms with Crippen molar-refractivity contribution in [3.05, 3.63) is 53.0 Å². The second-order valence-corrected chi connectivity index (χ2v) is 4.68. The van der Waals surface area contributed by atoms with Gasteiger partial charge in [0, 0.05) is 12.8 Å². The molecular weight excluding hydrogens is 299 g/mol. The van der Waals surface area contributed by atoms with Crippen LogP contribution in [0.2, 0.25) is 0 Å². The van der Waals surface area contributed by atoms with Crippen molar-refractivity contribution in [2.45, 2.75) is 19.7 Å². The second kappa shape index (κ2) is 6.23. The number of alkyl halides is 3. The lowest BCUT2D eigenvalue weighted by Crippen LogP contribution is -2.13. The number of furan rings is 1. The summed E-state index contributed by atoms with van der Waals surface area (Å²) in [5, 5.41) is 2.38. The maximum atomic E-state index is 12.8. The number of benzene rings is 1. The molecule has 0 bridgehead atoms. The Bertz CT molecular complexity index is 677. The Morgan fingerprint density at radius 1 is 1.27 bits per heavy atom. The summed E-state index contributed by atoms with van der Waals surface area (Å²) in [5.41, 5.74) is -0.650. The highest BCUT2D eigenvalue weighted by Crippen LogP contribution is 2.33. The number of aryl methyl sites for hydroxylation is 1. The van der Waals surface area contributed by atoms with Crippen molar-refractivity contribution in [3.63, 3.8) is 0 Å². The van der Waals surface area contributed by atoms with Gasteiger partial charge in [-0.3, -0.25) is 4.79 Å². The molecule has 2 aromatic rings. The molecule has 1 N–H and O–H groups in total.